The molecule has 6 heteroatoms. The number of hydrogen-bond donors (Lipinski definition) is 0. The van der Waals surface area contributed by atoms with Crippen molar-refractivity contribution in [2.75, 3.05) is 6.61 Å². The summed E-state index contributed by atoms with van der Waals surface area (Å²) in [5, 5.41) is 0. The van der Waals surface area contributed by atoms with Crippen LogP contribution in [0.2, 0.25) is 0 Å². The SMILES string of the molecule is FC(F)(F)c1ccc2c(c1)COC[C@@H]1OC(c3ccccc3)=N[C@H]21. The number of rotatable bonds is 1. The van der Waals surface area contributed by atoms with E-state index in [0.29, 0.717) is 18.1 Å². The van der Waals surface area contributed by atoms with E-state index in [1.807, 2.05) is 30.3 Å². The van der Waals surface area contributed by atoms with E-state index in [9.17, 15) is 13.2 Å². The Kier molecular flexibility index (Phi) is 3.57. The first-order chi connectivity index (χ1) is 11.5. The van der Waals surface area contributed by atoms with E-state index >= 15 is 0 Å². The molecule has 2 heterocycles. The summed E-state index contributed by atoms with van der Waals surface area (Å²) < 4.78 is 50.2. The van der Waals surface area contributed by atoms with Gasteiger partial charge in [0, 0.05) is 5.56 Å². The van der Waals surface area contributed by atoms with Crippen LogP contribution in [-0.2, 0) is 22.3 Å². The van der Waals surface area contributed by atoms with E-state index in [1.165, 1.54) is 6.07 Å². The Labute approximate surface area is 136 Å². The molecule has 0 unspecified atom stereocenters. The van der Waals surface area contributed by atoms with Gasteiger partial charge in [-0.2, -0.15) is 13.2 Å². The van der Waals surface area contributed by atoms with Gasteiger partial charge < -0.3 is 9.47 Å². The summed E-state index contributed by atoms with van der Waals surface area (Å²) in [6.45, 7) is 0.423. The fourth-order valence-electron chi connectivity index (χ4n) is 3.05. The predicted octanol–water partition coefficient (Wildman–Crippen LogP) is 4.12. The van der Waals surface area contributed by atoms with Gasteiger partial charge in [0.25, 0.3) is 0 Å². The van der Waals surface area contributed by atoms with Gasteiger partial charge in [0.1, 0.15) is 6.04 Å². The minimum absolute atomic E-state index is 0.131. The molecule has 0 aromatic heterocycles. The second-order valence-electron chi connectivity index (χ2n) is 5.83. The smallest absolute Gasteiger partial charge is 0.416 e. The predicted molar refractivity (Wildman–Crippen MR) is 81.7 cm³/mol. The quantitative estimate of drug-likeness (QED) is 0.786. The Morgan fingerprint density at radius 1 is 1.04 bits per heavy atom. The molecule has 2 aromatic carbocycles. The fourth-order valence-corrected chi connectivity index (χ4v) is 3.05. The van der Waals surface area contributed by atoms with Crippen LogP contribution in [0.5, 0.6) is 0 Å². The standard InChI is InChI=1S/C18H14F3NO2/c19-18(20,21)13-6-7-14-12(8-13)9-23-10-15-16(14)22-17(24-15)11-4-2-1-3-5-11/h1-8,15-16H,9-10H2/t15-,16+/m0/s1. The average Bonchev–Trinajstić information content (AvgIpc) is 2.91. The van der Waals surface area contributed by atoms with Gasteiger partial charge >= 0.3 is 6.18 Å². The molecule has 0 aliphatic carbocycles. The third kappa shape index (κ3) is 2.67. The normalized spacial score (nSPS) is 22.9. The zero-order valence-corrected chi connectivity index (χ0v) is 12.6. The van der Waals surface area contributed by atoms with Crippen LogP contribution in [0.3, 0.4) is 0 Å². The maximum Gasteiger partial charge on any atom is 0.416 e. The van der Waals surface area contributed by atoms with Crippen LogP contribution in [-0.4, -0.2) is 18.6 Å². The molecular weight excluding hydrogens is 319 g/mol. The average molecular weight is 333 g/mol. The fraction of sp³-hybridized carbons (Fsp3) is 0.278. The molecule has 0 amide bonds. The maximum atomic E-state index is 12.9. The third-order valence-electron chi connectivity index (χ3n) is 4.22. The molecule has 0 saturated heterocycles. The number of halogens is 3. The summed E-state index contributed by atoms with van der Waals surface area (Å²) in [7, 11) is 0. The minimum Gasteiger partial charge on any atom is -0.469 e. The molecule has 0 saturated carbocycles. The molecule has 0 N–H and O–H groups in total. The van der Waals surface area contributed by atoms with E-state index in [2.05, 4.69) is 4.99 Å². The Bertz CT molecular complexity index is 787. The van der Waals surface area contributed by atoms with Crippen molar-refractivity contribution in [2.45, 2.75) is 24.9 Å². The first-order valence-corrected chi connectivity index (χ1v) is 7.60. The minimum atomic E-state index is -4.37. The number of aliphatic imine (C=N–C) groups is 1. The molecule has 0 bridgehead atoms. The largest absolute Gasteiger partial charge is 0.469 e. The third-order valence-corrected chi connectivity index (χ3v) is 4.22. The van der Waals surface area contributed by atoms with Crippen molar-refractivity contribution in [3.63, 3.8) is 0 Å². The van der Waals surface area contributed by atoms with Crippen molar-refractivity contribution in [3.8, 4) is 0 Å². The summed E-state index contributed by atoms with van der Waals surface area (Å²) in [6.07, 6.45) is -4.69. The Morgan fingerprint density at radius 3 is 2.58 bits per heavy atom. The lowest BCUT2D eigenvalue weighted by atomic mass is 9.96. The van der Waals surface area contributed by atoms with Gasteiger partial charge in [-0.05, 0) is 35.4 Å². The van der Waals surface area contributed by atoms with Gasteiger partial charge in [-0.3, -0.25) is 0 Å². The Morgan fingerprint density at radius 2 is 1.83 bits per heavy atom. The molecule has 124 valence electrons. The highest BCUT2D eigenvalue weighted by atomic mass is 19.4. The van der Waals surface area contributed by atoms with E-state index in [-0.39, 0.29) is 18.8 Å². The maximum absolute atomic E-state index is 12.9. The van der Waals surface area contributed by atoms with Crippen LogP contribution < -0.4 is 0 Å². The number of nitrogens with zero attached hydrogens (tertiary/aromatic N) is 1. The monoisotopic (exact) mass is 333 g/mol. The second-order valence-corrected chi connectivity index (χ2v) is 5.83. The Hall–Kier alpha value is -2.34. The van der Waals surface area contributed by atoms with Crippen molar-refractivity contribution >= 4 is 5.90 Å². The zero-order valence-electron chi connectivity index (χ0n) is 12.6. The topological polar surface area (TPSA) is 30.8 Å². The van der Waals surface area contributed by atoms with Crippen molar-refractivity contribution in [2.24, 2.45) is 4.99 Å². The molecule has 2 atom stereocenters. The number of hydrogen-bond acceptors (Lipinski definition) is 3. The molecule has 2 aliphatic heterocycles. The highest BCUT2D eigenvalue weighted by Gasteiger charge is 2.38. The number of benzene rings is 2. The zero-order chi connectivity index (χ0) is 16.7. The van der Waals surface area contributed by atoms with E-state index in [4.69, 9.17) is 9.47 Å². The van der Waals surface area contributed by atoms with Crippen LogP contribution in [0.4, 0.5) is 13.2 Å². The van der Waals surface area contributed by atoms with Crippen LogP contribution in [0.25, 0.3) is 0 Å². The summed E-state index contributed by atoms with van der Waals surface area (Å²) >= 11 is 0. The van der Waals surface area contributed by atoms with Crippen molar-refractivity contribution < 1.29 is 22.6 Å². The van der Waals surface area contributed by atoms with Crippen molar-refractivity contribution in [1.29, 1.82) is 0 Å². The van der Waals surface area contributed by atoms with Crippen LogP contribution in [0.15, 0.2) is 53.5 Å². The Balaban J connectivity index is 1.73. The highest BCUT2D eigenvalue weighted by molar-refractivity contribution is 5.95. The molecule has 2 aliphatic rings. The number of ether oxygens (including phenoxy) is 2. The summed E-state index contributed by atoms with van der Waals surface area (Å²) in [5.41, 5.74) is 1.42. The summed E-state index contributed by atoms with van der Waals surface area (Å²) in [6, 6.07) is 12.8. The van der Waals surface area contributed by atoms with Crippen LogP contribution in [0, 0.1) is 0 Å². The molecule has 0 spiro atoms. The molecule has 0 radical (unpaired) electrons. The van der Waals surface area contributed by atoms with Gasteiger partial charge in [-0.25, -0.2) is 4.99 Å². The van der Waals surface area contributed by atoms with Gasteiger partial charge in [-0.15, -0.1) is 0 Å². The number of alkyl halides is 3. The van der Waals surface area contributed by atoms with E-state index in [0.717, 1.165) is 23.3 Å². The molecule has 24 heavy (non-hydrogen) atoms. The summed E-state index contributed by atoms with van der Waals surface area (Å²) in [4.78, 5) is 4.61. The van der Waals surface area contributed by atoms with Gasteiger partial charge in [0.2, 0.25) is 5.90 Å². The lowest BCUT2D eigenvalue weighted by molar-refractivity contribution is -0.137. The lowest BCUT2D eigenvalue weighted by Gasteiger charge is -2.16. The highest BCUT2D eigenvalue weighted by Crippen LogP contribution is 2.38. The van der Waals surface area contributed by atoms with Gasteiger partial charge in [-0.1, -0.05) is 24.3 Å². The lowest BCUT2D eigenvalue weighted by Crippen LogP contribution is -2.21. The molecule has 4 rings (SSSR count). The first kappa shape index (κ1) is 15.2. The van der Waals surface area contributed by atoms with Gasteiger partial charge in [0.15, 0.2) is 6.10 Å². The second kappa shape index (κ2) is 5.63. The van der Waals surface area contributed by atoms with Crippen LogP contribution >= 0.6 is 0 Å². The first-order valence-electron chi connectivity index (χ1n) is 7.60. The molecule has 3 nitrogen and oxygen atoms in total. The molecule has 2 aromatic rings. The summed E-state index contributed by atoms with van der Waals surface area (Å²) in [5.74, 6) is 0.502. The molecule has 0 fully saturated rings. The molecular formula is C18H14F3NO2. The van der Waals surface area contributed by atoms with Gasteiger partial charge in [0.05, 0.1) is 18.8 Å². The number of fused-ring (bicyclic) bond motifs is 3. The van der Waals surface area contributed by atoms with Crippen molar-refractivity contribution in [1.82, 2.24) is 0 Å². The van der Waals surface area contributed by atoms with Crippen molar-refractivity contribution in [3.05, 3.63) is 70.8 Å². The van der Waals surface area contributed by atoms with E-state index in [1.54, 1.807) is 0 Å². The van der Waals surface area contributed by atoms with E-state index < -0.39 is 11.7 Å². The van der Waals surface area contributed by atoms with Crippen LogP contribution in [0.1, 0.15) is 28.3 Å².